The van der Waals surface area contributed by atoms with Crippen molar-refractivity contribution in [2.75, 3.05) is 5.75 Å². The second kappa shape index (κ2) is 8.92. The molecule has 0 bridgehead atoms. The molecule has 0 heterocycles. The average Bonchev–Trinajstić information content (AvgIpc) is 2.14. The summed E-state index contributed by atoms with van der Waals surface area (Å²) in [6.07, 6.45) is 10.1. The minimum absolute atomic E-state index is 0.205. The lowest BCUT2D eigenvalue weighted by atomic mass is 10.1. The molecule has 0 unspecified atom stereocenters. The fourth-order valence-electron chi connectivity index (χ4n) is 1.45. The highest BCUT2D eigenvalue weighted by Crippen LogP contribution is 2.09. The van der Waals surface area contributed by atoms with Crippen LogP contribution in [0.1, 0.15) is 51.4 Å². The van der Waals surface area contributed by atoms with Crippen molar-refractivity contribution in [1.29, 1.82) is 0 Å². The van der Waals surface area contributed by atoms with Crippen LogP contribution < -0.4 is 0 Å². The van der Waals surface area contributed by atoms with Gasteiger partial charge in [0.05, 0.1) is 10.1 Å². The summed E-state index contributed by atoms with van der Waals surface area (Å²) < 4.78 is 30.8. The quantitative estimate of drug-likeness (QED) is 0.331. The lowest BCUT2D eigenvalue weighted by molar-refractivity contribution is 0.459. The number of rotatable bonds is 10. The van der Waals surface area contributed by atoms with E-state index in [1.54, 1.807) is 0 Å². The molecule has 90 valence electrons. The van der Waals surface area contributed by atoms with Crippen molar-refractivity contribution in [3.05, 3.63) is 12.7 Å². The van der Waals surface area contributed by atoms with Crippen molar-refractivity contribution in [2.24, 2.45) is 0 Å². The monoisotopic (exact) mass is 233 g/mol. The summed E-state index contributed by atoms with van der Waals surface area (Å²) in [6.45, 7) is 3.66. The van der Waals surface area contributed by atoms with Gasteiger partial charge in [0.1, 0.15) is 0 Å². The summed E-state index contributed by atoms with van der Waals surface area (Å²) in [6, 6.07) is 0. The summed E-state index contributed by atoms with van der Waals surface area (Å²) in [5.41, 5.74) is 0. The van der Waals surface area contributed by atoms with E-state index >= 15 is 0 Å². The lowest BCUT2D eigenvalue weighted by Gasteiger charge is -2.05. The van der Waals surface area contributed by atoms with E-state index in [1.165, 1.54) is 19.3 Å². The molecule has 0 spiro atoms. The van der Waals surface area contributed by atoms with Gasteiger partial charge in [-0.25, -0.2) is 8.42 Å². The molecule has 0 rings (SSSR count). The molecule has 0 aliphatic rings. The Bertz CT molecular complexity index is 245. The van der Waals surface area contributed by atoms with Crippen LogP contribution in [0.2, 0.25) is 0 Å². The van der Waals surface area contributed by atoms with Gasteiger partial charge < -0.3 is 4.55 Å². The average molecular weight is 233 g/mol. The van der Waals surface area contributed by atoms with Gasteiger partial charge in [-0.15, -0.1) is 6.58 Å². The Morgan fingerprint density at radius 3 is 1.87 bits per heavy atom. The maximum absolute atomic E-state index is 10.3. The van der Waals surface area contributed by atoms with Gasteiger partial charge in [-0.2, -0.15) is 0 Å². The van der Waals surface area contributed by atoms with E-state index < -0.39 is 10.1 Å². The van der Waals surface area contributed by atoms with Gasteiger partial charge in [0, 0.05) is 5.75 Å². The number of hydrogen-bond donors (Lipinski definition) is 0. The predicted octanol–water partition coefficient (Wildman–Crippen LogP) is 2.84. The van der Waals surface area contributed by atoms with Crippen molar-refractivity contribution in [3.63, 3.8) is 0 Å². The van der Waals surface area contributed by atoms with Gasteiger partial charge in [-0.3, -0.25) is 0 Å². The Morgan fingerprint density at radius 1 is 0.933 bits per heavy atom. The molecule has 0 amide bonds. The second-order valence-electron chi connectivity index (χ2n) is 3.81. The van der Waals surface area contributed by atoms with Gasteiger partial charge in [0.15, 0.2) is 0 Å². The van der Waals surface area contributed by atoms with E-state index in [2.05, 4.69) is 6.58 Å². The summed E-state index contributed by atoms with van der Waals surface area (Å²) in [7, 11) is -3.99. The van der Waals surface area contributed by atoms with Crippen molar-refractivity contribution in [3.8, 4) is 0 Å². The number of unbranched alkanes of at least 4 members (excludes halogenated alkanes) is 7. The lowest BCUT2D eigenvalue weighted by Crippen LogP contribution is -2.03. The Balaban J connectivity index is 3.08. The normalized spacial score (nSPS) is 11.5. The van der Waals surface area contributed by atoms with Crippen LogP contribution in [0.3, 0.4) is 0 Å². The third-order valence-corrected chi connectivity index (χ3v) is 3.09. The van der Waals surface area contributed by atoms with E-state index in [0.29, 0.717) is 6.42 Å². The number of allylic oxidation sites excluding steroid dienone is 1. The van der Waals surface area contributed by atoms with E-state index in [-0.39, 0.29) is 5.75 Å². The molecule has 4 heteroatoms. The SMILES string of the molecule is C=CCCCCCCCCCS(=O)(=O)[O-]. The van der Waals surface area contributed by atoms with Crippen LogP contribution in [-0.4, -0.2) is 18.7 Å². The fourth-order valence-corrected chi connectivity index (χ4v) is 2.01. The molecule has 15 heavy (non-hydrogen) atoms. The maximum atomic E-state index is 10.3. The third kappa shape index (κ3) is 13.7. The third-order valence-electron chi connectivity index (χ3n) is 2.30. The molecule has 0 aromatic rings. The highest BCUT2D eigenvalue weighted by molar-refractivity contribution is 7.85. The smallest absolute Gasteiger partial charge is 0.0945 e. The Labute approximate surface area is 93.3 Å². The second-order valence-corrected chi connectivity index (χ2v) is 5.34. The van der Waals surface area contributed by atoms with E-state index in [0.717, 1.165) is 25.7 Å². The standard InChI is InChI=1S/C11H22O3S/c1-2-3-4-5-6-7-8-9-10-11-15(12,13)14/h2H,1,3-11H2,(H,12,13,14)/p-1. The summed E-state index contributed by atoms with van der Waals surface area (Å²) in [5, 5.41) is 0. The molecule has 0 N–H and O–H groups in total. The first-order chi connectivity index (χ1) is 7.06. The summed E-state index contributed by atoms with van der Waals surface area (Å²) in [5.74, 6) is -0.205. The van der Waals surface area contributed by atoms with Crippen molar-refractivity contribution < 1.29 is 13.0 Å². The number of hydrogen-bond acceptors (Lipinski definition) is 3. The largest absolute Gasteiger partial charge is 0.748 e. The molecular formula is C11H21O3S-. The predicted molar refractivity (Wildman–Crippen MR) is 61.7 cm³/mol. The Kier molecular flexibility index (Phi) is 8.71. The highest BCUT2D eigenvalue weighted by Gasteiger charge is 1.95. The molecule has 0 atom stereocenters. The molecule has 0 aromatic heterocycles. The summed E-state index contributed by atoms with van der Waals surface area (Å²) >= 11 is 0. The summed E-state index contributed by atoms with van der Waals surface area (Å²) in [4.78, 5) is 0. The van der Waals surface area contributed by atoms with Gasteiger partial charge >= 0.3 is 0 Å². The zero-order valence-electron chi connectivity index (χ0n) is 9.28. The van der Waals surface area contributed by atoms with Gasteiger partial charge in [-0.05, 0) is 19.3 Å². The minimum atomic E-state index is -3.99. The van der Waals surface area contributed by atoms with E-state index in [9.17, 15) is 13.0 Å². The Hall–Kier alpha value is -0.350. The van der Waals surface area contributed by atoms with Gasteiger partial charge in [0.25, 0.3) is 0 Å². The molecule has 0 aliphatic carbocycles. The molecule has 0 radical (unpaired) electrons. The van der Waals surface area contributed by atoms with Crippen LogP contribution in [0.5, 0.6) is 0 Å². The van der Waals surface area contributed by atoms with Crippen LogP contribution in [0, 0.1) is 0 Å². The van der Waals surface area contributed by atoms with Crippen LogP contribution in [0.4, 0.5) is 0 Å². The van der Waals surface area contributed by atoms with E-state index in [4.69, 9.17) is 0 Å². The maximum Gasteiger partial charge on any atom is 0.0945 e. The first-order valence-electron chi connectivity index (χ1n) is 5.61. The van der Waals surface area contributed by atoms with Gasteiger partial charge in [0.2, 0.25) is 0 Å². The minimum Gasteiger partial charge on any atom is -0.748 e. The van der Waals surface area contributed by atoms with Crippen LogP contribution in [0.15, 0.2) is 12.7 Å². The molecular weight excluding hydrogens is 212 g/mol. The van der Waals surface area contributed by atoms with Crippen molar-refractivity contribution in [1.82, 2.24) is 0 Å². The molecule has 0 fully saturated rings. The topological polar surface area (TPSA) is 57.2 Å². The van der Waals surface area contributed by atoms with Crippen LogP contribution in [0.25, 0.3) is 0 Å². The molecule has 3 nitrogen and oxygen atoms in total. The fraction of sp³-hybridized carbons (Fsp3) is 0.818. The zero-order valence-corrected chi connectivity index (χ0v) is 10.1. The van der Waals surface area contributed by atoms with E-state index in [1.807, 2.05) is 6.08 Å². The molecule has 0 aromatic carbocycles. The van der Waals surface area contributed by atoms with Crippen molar-refractivity contribution >= 4 is 10.1 Å². The molecule has 0 saturated carbocycles. The molecule has 0 aliphatic heterocycles. The first-order valence-corrected chi connectivity index (χ1v) is 7.18. The van der Waals surface area contributed by atoms with Crippen LogP contribution >= 0.6 is 0 Å². The molecule has 0 saturated heterocycles. The van der Waals surface area contributed by atoms with Gasteiger partial charge in [-0.1, -0.05) is 38.2 Å². The first kappa shape index (κ1) is 14.6. The van der Waals surface area contributed by atoms with Crippen LogP contribution in [-0.2, 0) is 10.1 Å². The Morgan fingerprint density at radius 2 is 1.40 bits per heavy atom. The highest BCUT2D eigenvalue weighted by atomic mass is 32.2. The zero-order chi connectivity index (χ0) is 11.6. The van der Waals surface area contributed by atoms with Crippen molar-refractivity contribution in [2.45, 2.75) is 51.4 Å².